The van der Waals surface area contributed by atoms with Crippen molar-refractivity contribution < 1.29 is 0 Å². The van der Waals surface area contributed by atoms with Gasteiger partial charge in [-0.05, 0) is 119 Å². The van der Waals surface area contributed by atoms with Crippen molar-refractivity contribution in [2.45, 2.75) is 195 Å². The zero-order chi connectivity index (χ0) is 32.7. The first kappa shape index (κ1) is 37.3. The van der Waals surface area contributed by atoms with Crippen LogP contribution in [0.3, 0.4) is 0 Å². The molecule has 0 amide bonds. The molecule has 12 unspecified atom stereocenters. The Kier molecular flexibility index (Phi) is 12.6. The molecule has 4 rings (SSSR count). The van der Waals surface area contributed by atoms with Crippen molar-refractivity contribution in [2.24, 2.45) is 71.0 Å². The van der Waals surface area contributed by atoms with Crippen LogP contribution in [-0.4, -0.2) is 15.2 Å². The van der Waals surface area contributed by atoms with Gasteiger partial charge in [0.25, 0.3) is 0 Å². The predicted octanol–water partition coefficient (Wildman–Crippen LogP) is 14.1. The van der Waals surface area contributed by atoms with E-state index in [-0.39, 0.29) is 0 Å². The van der Waals surface area contributed by atoms with Gasteiger partial charge in [-0.25, -0.2) is 0 Å². The number of hydrogen-bond acceptors (Lipinski definition) is 0. The second-order valence-corrected chi connectivity index (χ2v) is 34.9. The van der Waals surface area contributed by atoms with Gasteiger partial charge in [-0.1, -0.05) is 148 Å². The molecular weight excluding hydrogens is 561 g/mol. The van der Waals surface area contributed by atoms with E-state index in [0.29, 0.717) is 0 Å². The van der Waals surface area contributed by atoms with Gasteiger partial charge in [-0.3, -0.25) is 0 Å². The van der Waals surface area contributed by atoms with E-state index < -0.39 is 15.2 Å². The van der Waals surface area contributed by atoms with Crippen molar-refractivity contribution >= 4 is 15.2 Å². The first-order chi connectivity index (χ1) is 20.5. The summed E-state index contributed by atoms with van der Waals surface area (Å²) in [5.74, 6) is 11.1. The van der Waals surface area contributed by atoms with Gasteiger partial charge >= 0.3 is 0 Å². The van der Waals surface area contributed by atoms with Gasteiger partial charge in [0.1, 0.15) is 0 Å². The molecule has 0 radical (unpaired) electrons. The maximum Gasteiger partial charge on any atom is 0.0518 e. The molecule has 0 spiro atoms. The minimum atomic E-state index is -1.81. The van der Waals surface area contributed by atoms with Gasteiger partial charge in [0, 0.05) is 0 Å². The van der Waals surface area contributed by atoms with Gasteiger partial charge in [-0.15, -0.1) is 0 Å². The van der Waals surface area contributed by atoms with Gasteiger partial charge in [0.15, 0.2) is 0 Å². The van der Waals surface area contributed by atoms with Crippen molar-refractivity contribution in [2.75, 3.05) is 0 Å². The van der Waals surface area contributed by atoms with E-state index in [4.69, 9.17) is 0 Å². The summed E-state index contributed by atoms with van der Waals surface area (Å²) in [6.07, 6.45) is 18.5. The molecule has 0 aliphatic heterocycles. The lowest BCUT2D eigenvalue weighted by molar-refractivity contribution is 0.194. The maximum absolute atomic E-state index is 3.24. The molecule has 0 aromatic heterocycles. The van der Waals surface area contributed by atoms with Crippen LogP contribution in [-0.2, 0) is 0 Å². The molecule has 12 atom stereocenters. The predicted molar refractivity (Wildman–Crippen MR) is 204 cm³/mol. The molecule has 0 aromatic rings. The minimum Gasteiger partial charge on any atom is -0.0706 e. The largest absolute Gasteiger partial charge is 0.0706 e. The highest BCUT2D eigenvalue weighted by Gasteiger charge is 2.68. The van der Waals surface area contributed by atoms with E-state index in [2.05, 4.69) is 96.2 Å². The Bertz CT molecular complexity index is 752. The van der Waals surface area contributed by atoms with Crippen LogP contribution < -0.4 is 0 Å². The third-order valence-electron chi connectivity index (χ3n) is 16.3. The zero-order valence-corrected chi connectivity index (χ0v) is 34.7. The Morgan fingerprint density at radius 3 is 0.682 bits per heavy atom. The molecule has 258 valence electrons. The summed E-state index contributed by atoms with van der Waals surface area (Å²) in [6, 6.07) is 0. The lowest BCUT2D eigenvalue weighted by Crippen LogP contribution is -2.74. The summed E-state index contributed by atoms with van der Waals surface area (Å²) >= 11 is 0. The fraction of sp³-hybridized carbons (Fsp3) is 1.00. The Labute approximate surface area is 280 Å². The van der Waals surface area contributed by atoms with Gasteiger partial charge in [0.05, 0.1) is 15.2 Å². The molecule has 4 saturated carbocycles. The molecule has 4 aliphatic carbocycles. The average Bonchev–Trinajstić information content (AvgIpc) is 2.95. The number of hydrogen-bond donors (Lipinski definition) is 0. The average molecular weight is 643 g/mol. The third-order valence-corrected chi connectivity index (χ3v) is 38.9. The van der Waals surface area contributed by atoms with Gasteiger partial charge in [-0.2, -0.15) is 0 Å². The van der Waals surface area contributed by atoms with Crippen molar-refractivity contribution in [1.29, 1.82) is 0 Å². The van der Waals surface area contributed by atoms with Gasteiger partial charge in [0.2, 0.25) is 0 Å². The van der Waals surface area contributed by atoms with Crippen molar-refractivity contribution in [3.8, 4) is 0 Å². The van der Waals surface area contributed by atoms with E-state index >= 15 is 0 Å². The summed E-state index contributed by atoms with van der Waals surface area (Å²) in [4.78, 5) is 0. The lowest BCUT2D eigenvalue weighted by atomic mass is 9.76. The lowest BCUT2D eigenvalue weighted by Gasteiger charge is -2.68. The highest BCUT2D eigenvalue weighted by molar-refractivity contribution is 7.43. The number of rotatable bonds is 9. The molecule has 0 N–H and O–H groups in total. The van der Waals surface area contributed by atoms with E-state index in [1.165, 1.54) is 51.4 Å². The van der Waals surface area contributed by atoms with Crippen LogP contribution in [0.5, 0.6) is 0 Å². The summed E-state index contributed by atoms with van der Waals surface area (Å²) in [5.41, 5.74) is 4.26. The maximum atomic E-state index is 3.24. The molecule has 0 heterocycles. The summed E-state index contributed by atoms with van der Waals surface area (Å²) in [6.45, 7) is 38.5. The van der Waals surface area contributed by atoms with Crippen LogP contribution >= 0.6 is 0 Å². The Hall–Kier alpha value is 0.434. The van der Waals surface area contributed by atoms with Crippen LogP contribution in [0.1, 0.15) is 160 Å². The fourth-order valence-corrected chi connectivity index (χ4v) is 40.9. The first-order valence-electron chi connectivity index (χ1n) is 20.5. The van der Waals surface area contributed by atoms with E-state index in [1.54, 1.807) is 25.7 Å². The molecule has 0 nitrogen and oxygen atoms in total. The Balaban J connectivity index is 2.08. The van der Waals surface area contributed by atoms with Crippen molar-refractivity contribution in [3.05, 3.63) is 0 Å². The Morgan fingerprint density at radius 1 is 0.341 bits per heavy atom. The molecule has 4 aliphatic rings. The monoisotopic (exact) mass is 643 g/mol. The molecule has 2 heteroatoms. The fourth-order valence-electron chi connectivity index (χ4n) is 13.7. The van der Waals surface area contributed by atoms with Crippen LogP contribution in [0.15, 0.2) is 0 Å². The molecule has 4 fully saturated rings. The van der Waals surface area contributed by atoms with E-state index in [1.807, 2.05) is 0 Å². The second-order valence-electron chi connectivity index (χ2n) is 20.3. The zero-order valence-electron chi connectivity index (χ0n) is 32.7. The Morgan fingerprint density at radius 2 is 0.523 bits per heavy atom. The minimum absolute atomic E-state index is 0.855. The highest BCUT2D eigenvalue weighted by Crippen LogP contribution is 2.68. The van der Waals surface area contributed by atoms with Gasteiger partial charge < -0.3 is 0 Å². The van der Waals surface area contributed by atoms with Crippen molar-refractivity contribution in [1.82, 2.24) is 0 Å². The van der Waals surface area contributed by atoms with Crippen molar-refractivity contribution in [3.63, 3.8) is 0 Å². The summed E-state index contributed by atoms with van der Waals surface area (Å²) < 4.78 is 0. The summed E-state index contributed by atoms with van der Waals surface area (Å²) in [5, 5.41) is 0. The quantitative estimate of drug-likeness (QED) is 0.220. The topological polar surface area (TPSA) is 0 Å². The normalized spacial score (nSPS) is 43.8. The molecule has 0 aromatic carbocycles. The summed E-state index contributed by atoms with van der Waals surface area (Å²) in [7, 11) is -3.61. The SMILES string of the molecule is CC1CCC(C(C)C)C([Si](C)(C2CC(C)CCC2C(C)C)[Si](C)(C2CC(C)CCC2C(C)C)C2CC(C)CCC2C(C)C)C1. The third kappa shape index (κ3) is 7.08. The van der Waals surface area contributed by atoms with E-state index in [0.717, 1.165) is 93.2 Å². The smallest absolute Gasteiger partial charge is 0.0518 e. The molecule has 44 heavy (non-hydrogen) atoms. The van der Waals surface area contributed by atoms with Crippen LogP contribution in [0.25, 0.3) is 0 Å². The van der Waals surface area contributed by atoms with Crippen LogP contribution in [0, 0.1) is 71.0 Å². The molecular formula is C42H82Si2. The molecule has 0 saturated heterocycles. The van der Waals surface area contributed by atoms with Crippen LogP contribution in [0.4, 0.5) is 0 Å². The highest BCUT2D eigenvalue weighted by atomic mass is 29.3. The molecule has 0 bridgehead atoms. The second kappa shape index (κ2) is 14.9. The van der Waals surface area contributed by atoms with Crippen LogP contribution in [0.2, 0.25) is 35.3 Å². The van der Waals surface area contributed by atoms with E-state index in [9.17, 15) is 0 Å². The first-order valence-corrected chi connectivity index (χ1v) is 26.8. The standard InChI is InChI=1S/C42H82Si2/c1-27(2)35-19-15-31(9)23-39(35)43(13,40-24-32(10)16-20-36(40)28(3)4)44(14,41-25-33(11)17-21-37(41)29(5)6)42-26-34(12)18-22-38(42)30(7)8/h27-42H,15-26H2,1-14H3.